The van der Waals surface area contributed by atoms with E-state index in [-0.39, 0.29) is 5.56 Å². The maximum Gasteiger partial charge on any atom is 0.339 e. The van der Waals surface area contributed by atoms with Crippen molar-refractivity contribution < 1.29 is 9.90 Å². The minimum Gasteiger partial charge on any atom is -0.478 e. The first kappa shape index (κ1) is 14.1. The zero-order valence-corrected chi connectivity index (χ0v) is 11.9. The summed E-state index contributed by atoms with van der Waals surface area (Å²) in [5.41, 5.74) is 0.241. The van der Waals surface area contributed by atoms with Crippen LogP contribution >= 0.6 is 11.6 Å². The Balaban J connectivity index is 2.42. The standard InChI is InChI=1S/C14H19ClN2O2/c1-2-10-6-4-3-5-9-17(10)13-11(14(18)19)7-8-12(15)16-13/h7-8,10H,2-6,9H2,1H3,(H,18,19). The maximum atomic E-state index is 11.3. The van der Waals surface area contributed by atoms with Crippen molar-refractivity contribution in [1.82, 2.24) is 4.98 Å². The summed E-state index contributed by atoms with van der Waals surface area (Å²) in [6, 6.07) is 3.43. The zero-order chi connectivity index (χ0) is 13.8. The van der Waals surface area contributed by atoms with Crippen LogP contribution in [0.25, 0.3) is 0 Å². The Morgan fingerprint density at radius 3 is 2.95 bits per heavy atom. The van der Waals surface area contributed by atoms with E-state index in [1.165, 1.54) is 18.9 Å². The first-order chi connectivity index (χ1) is 9.13. The van der Waals surface area contributed by atoms with E-state index in [0.717, 1.165) is 25.8 Å². The van der Waals surface area contributed by atoms with Gasteiger partial charge in [0, 0.05) is 12.6 Å². The minimum absolute atomic E-state index is 0.241. The molecular formula is C14H19ClN2O2. The molecule has 2 rings (SSSR count). The highest BCUT2D eigenvalue weighted by Crippen LogP contribution is 2.28. The number of rotatable bonds is 3. The summed E-state index contributed by atoms with van der Waals surface area (Å²) in [5.74, 6) is -0.424. The van der Waals surface area contributed by atoms with Gasteiger partial charge >= 0.3 is 5.97 Å². The summed E-state index contributed by atoms with van der Waals surface area (Å²) in [6.45, 7) is 2.99. The van der Waals surface area contributed by atoms with Crippen molar-refractivity contribution in [3.05, 3.63) is 22.8 Å². The van der Waals surface area contributed by atoms with Crippen LogP contribution in [-0.2, 0) is 0 Å². The van der Waals surface area contributed by atoms with Gasteiger partial charge in [-0.15, -0.1) is 0 Å². The van der Waals surface area contributed by atoms with E-state index in [9.17, 15) is 9.90 Å². The van der Waals surface area contributed by atoms with Gasteiger partial charge in [-0.05, 0) is 31.4 Å². The summed E-state index contributed by atoms with van der Waals surface area (Å²) in [6.07, 6.45) is 5.54. The quantitative estimate of drug-likeness (QED) is 0.861. The van der Waals surface area contributed by atoms with Crippen LogP contribution in [0.1, 0.15) is 49.4 Å². The summed E-state index contributed by atoms with van der Waals surface area (Å²) in [7, 11) is 0. The number of carboxylic acid groups (broad SMARTS) is 1. The van der Waals surface area contributed by atoms with Crippen molar-refractivity contribution >= 4 is 23.4 Å². The van der Waals surface area contributed by atoms with Crippen LogP contribution in [0.4, 0.5) is 5.82 Å². The van der Waals surface area contributed by atoms with Crippen molar-refractivity contribution in [3.63, 3.8) is 0 Å². The molecule has 1 N–H and O–H groups in total. The second kappa shape index (κ2) is 6.24. The summed E-state index contributed by atoms with van der Waals surface area (Å²) >= 11 is 5.94. The van der Waals surface area contributed by atoms with Gasteiger partial charge in [-0.3, -0.25) is 0 Å². The molecule has 2 heterocycles. The number of pyridine rings is 1. The average Bonchev–Trinajstić information content (AvgIpc) is 2.63. The first-order valence-corrected chi connectivity index (χ1v) is 7.17. The van der Waals surface area contributed by atoms with E-state index in [0.29, 0.717) is 17.0 Å². The van der Waals surface area contributed by atoms with E-state index in [2.05, 4.69) is 16.8 Å². The van der Waals surface area contributed by atoms with Crippen molar-refractivity contribution in [2.75, 3.05) is 11.4 Å². The Labute approximate surface area is 118 Å². The highest BCUT2D eigenvalue weighted by atomic mass is 35.5. The SMILES string of the molecule is CCC1CCCCCN1c1nc(Cl)ccc1C(=O)O. The molecule has 1 unspecified atom stereocenters. The average molecular weight is 283 g/mol. The number of aromatic carboxylic acids is 1. The largest absolute Gasteiger partial charge is 0.478 e. The fourth-order valence-corrected chi connectivity index (χ4v) is 2.83. The van der Waals surface area contributed by atoms with Gasteiger partial charge in [0.25, 0.3) is 0 Å². The molecule has 0 aliphatic carbocycles. The Morgan fingerprint density at radius 1 is 1.47 bits per heavy atom. The molecule has 4 nitrogen and oxygen atoms in total. The monoisotopic (exact) mass is 282 g/mol. The molecule has 1 fully saturated rings. The third kappa shape index (κ3) is 3.18. The van der Waals surface area contributed by atoms with E-state index in [1.54, 1.807) is 6.07 Å². The predicted molar refractivity (Wildman–Crippen MR) is 76.1 cm³/mol. The van der Waals surface area contributed by atoms with Gasteiger partial charge in [-0.1, -0.05) is 31.4 Å². The smallest absolute Gasteiger partial charge is 0.339 e. The second-order valence-electron chi connectivity index (χ2n) is 4.92. The molecule has 1 aromatic rings. The fourth-order valence-electron chi connectivity index (χ4n) is 2.69. The number of hydrogen-bond donors (Lipinski definition) is 1. The lowest BCUT2D eigenvalue weighted by Gasteiger charge is -2.31. The Kier molecular flexibility index (Phi) is 4.64. The number of carbonyl (C=O) groups is 1. The first-order valence-electron chi connectivity index (χ1n) is 6.80. The number of hydrogen-bond acceptors (Lipinski definition) is 3. The van der Waals surface area contributed by atoms with Gasteiger partial charge in [0.15, 0.2) is 0 Å². The summed E-state index contributed by atoms with van der Waals surface area (Å²) in [4.78, 5) is 17.7. The molecule has 19 heavy (non-hydrogen) atoms. The zero-order valence-electron chi connectivity index (χ0n) is 11.1. The van der Waals surface area contributed by atoms with E-state index in [4.69, 9.17) is 11.6 Å². The van der Waals surface area contributed by atoms with Gasteiger partial charge in [0.2, 0.25) is 0 Å². The van der Waals surface area contributed by atoms with Gasteiger partial charge < -0.3 is 10.0 Å². The van der Waals surface area contributed by atoms with Crippen LogP contribution in [-0.4, -0.2) is 28.6 Å². The predicted octanol–water partition coefficient (Wildman–Crippen LogP) is 3.59. The highest BCUT2D eigenvalue weighted by molar-refractivity contribution is 6.29. The Bertz CT molecular complexity index is 465. The van der Waals surface area contributed by atoms with Crippen LogP contribution in [0.2, 0.25) is 5.15 Å². The minimum atomic E-state index is -0.946. The lowest BCUT2D eigenvalue weighted by Crippen LogP contribution is -2.36. The molecule has 1 atom stereocenters. The number of carboxylic acids is 1. The van der Waals surface area contributed by atoms with Crippen molar-refractivity contribution in [2.45, 2.75) is 45.1 Å². The number of halogens is 1. The number of nitrogens with zero attached hydrogens (tertiary/aromatic N) is 2. The molecule has 0 aromatic carbocycles. The summed E-state index contributed by atoms with van der Waals surface area (Å²) in [5, 5.41) is 9.65. The lowest BCUT2D eigenvalue weighted by molar-refractivity contribution is 0.0697. The molecular weight excluding hydrogens is 264 g/mol. The molecule has 0 spiro atoms. The number of aromatic nitrogens is 1. The van der Waals surface area contributed by atoms with Crippen LogP contribution in [0.15, 0.2) is 12.1 Å². The third-order valence-corrected chi connectivity index (χ3v) is 3.90. The number of anilines is 1. The normalized spacial score (nSPS) is 20.1. The van der Waals surface area contributed by atoms with E-state index >= 15 is 0 Å². The molecule has 0 saturated carbocycles. The van der Waals surface area contributed by atoms with Gasteiger partial charge in [0.1, 0.15) is 16.5 Å². The van der Waals surface area contributed by atoms with Crippen LogP contribution in [0.5, 0.6) is 0 Å². The molecule has 0 amide bonds. The third-order valence-electron chi connectivity index (χ3n) is 3.69. The van der Waals surface area contributed by atoms with Crippen LogP contribution in [0.3, 0.4) is 0 Å². The van der Waals surface area contributed by atoms with Crippen LogP contribution in [0, 0.1) is 0 Å². The Hall–Kier alpha value is -1.29. The van der Waals surface area contributed by atoms with Gasteiger partial charge in [0.05, 0.1) is 0 Å². The lowest BCUT2D eigenvalue weighted by atomic mass is 10.1. The molecule has 104 valence electrons. The Morgan fingerprint density at radius 2 is 2.26 bits per heavy atom. The maximum absolute atomic E-state index is 11.3. The molecule has 0 bridgehead atoms. The van der Waals surface area contributed by atoms with E-state index in [1.807, 2.05) is 0 Å². The summed E-state index contributed by atoms with van der Waals surface area (Å²) < 4.78 is 0. The fraction of sp³-hybridized carbons (Fsp3) is 0.571. The van der Waals surface area contributed by atoms with Gasteiger partial charge in [-0.2, -0.15) is 0 Å². The molecule has 5 heteroatoms. The van der Waals surface area contributed by atoms with Crippen molar-refractivity contribution in [2.24, 2.45) is 0 Å². The molecule has 1 aliphatic heterocycles. The van der Waals surface area contributed by atoms with Crippen molar-refractivity contribution in [1.29, 1.82) is 0 Å². The highest BCUT2D eigenvalue weighted by Gasteiger charge is 2.25. The molecule has 1 aliphatic rings. The van der Waals surface area contributed by atoms with Crippen LogP contribution < -0.4 is 4.90 Å². The second-order valence-corrected chi connectivity index (χ2v) is 5.30. The topological polar surface area (TPSA) is 53.4 Å². The molecule has 1 saturated heterocycles. The van der Waals surface area contributed by atoms with Crippen molar-refractivity contribution in [3.8, 4) is 0 Å². The van der Waals surface area contributed by atoms with E-state index < -0.39 is 5.97 Å². The van der Waals surface area contributed by atoms with Gasteiger partial charge in [-0.25, -0.2) is 9.78 Å². The molecule has 1 aromatic heterocycles. The molecule has 0 radical (unpaired) electrons.